The molecular weight excluding hydrogens is 332 g/mol. The number of H-pyrrole nitrogens is 1. The molecular formula is C15H13BrN4O. The fourth-order valence-corrected chi connectivity index (χ4v) is 2.55. The van der Waals surface area contributed by atoms with Crippen LogP contribution in [0.15, 0.2) is 41.0 Å². The number of phenols is 1. The molecule has 3 aromatic rings. The number of hydrogen-bond donors (Lipinski definition) is 2. The van der Waals surface area contributed by atoms with Gasteiger partial charge in [-0.3, -0.25) is 10.1 Å². The summed E-state index contributed by atoms with van der Waals surface area (Å²) in [5, 5.41) is 17.3. The Morgan fingerprint density at radius 2 is 2.10 bits per heavy atom. The third-order valence-electron chi connectivity index (χ3n) is 3.21. The van der Waals surface area contributed by atoms with Gasteiger partial charge in [-0.2, -0.15) is 5.10 Å². The summed E-state index contributed by atoms with van der Waals surface area (Å²) in [5.41, 5.74) is 2.17. The van der Waals surface area contributed by atoms with Gasteiger partial charge in [0.15, 0.2) is 11.6 Å². The van der Waals surface area contributed by atoms with E-state index in [1.165, 1.54) is 0 Å². The number of pyridine rings is 1. The van der Waals surface area contributed by atoms with Crippen molar-refractivity contribution in [3.63, 3.8) is 0 Å². The van der Waals surface area contributed by atoms with Gasteiger partial charge in [0.2, 0.25) is 0 Å². The lowest BCUT2D eigenvalue weighted by Crippen LogP contribution is -1.88. The molecule has 0 aliphatic rings. The van der Waals surface area contributed by atoms with Gasteiger partial charge in [0.05, 0.1) is 5.56 Å². The van der Waals surface area contributed by atoms with Crippen molar-refractivity contribution >= 4 is 15.9 Å². The lowest BCUT2D eigenvalue weighted by atomic mass is 10.1. The Hall–Kier alpha value is -2.21. The smallest absolute Gasteiger partial charge is 0.185 e. The van der Waals surface area contributed by atoms with Crippen LogP contribution < -0.4 is 0 Å². The van der Waals surface area contributed by atoms with E-state index in [0.717, 1.165) is 16.5 Å². The predicted octanol–water partition coefficient (Wildman–Crippen LogP) is 3.56. The second-order valence-electron chi connectivity index (χ2n) is 4.51. The number of aromatic hydroxyl groups is 1. The van der Waals surface area contributed by atoms with Crippen molar-refractivity contribution in [3.8, 4) is 28.7 Å². The number of benzene rings is 1. The lowest BCUT2D eigenvalue weighted by Gasteiger charge is -2.04. The molecule has 106 valence electrons. The number of aromatic nitrogens is 4. The molecule has 0 radical (unpaired) electrons. The zero-order chi connectivity index (χ0) is 14.8. The molecule has 1 aromatic carbocycles. The number of hydrogen-bond acceptors (Lipinski definition) is 4. The molecule has 0 aliphatic heterocycles. The van der Waals surface area contributed by atoms with Crippen LogP contribution in [-0.4, -0.2) is 25.3 Å². The van der Waals surface area contributed by atoms with Crippen molar-refractivity contribution in [3.05, 3.63) is 46.6 Å². The molecule has 0 unspecified atom stereocenters. The zero-order valence-electron chi connectivity index (χ0n) is 11.3. The van der Waals surface area contributed by atoms with Crippen LogP contribution in [0.5, 0.6) is 5.75 Å². The molecule has 3 rings (SSSR count). The van der Waals surface area contributed by atoms with Crippen LogP contribution in [0.25, 0.3) is 22.9 Å². The Labute approximate surface area is 130 Å². The molecule has 0 atom stereocenters. The number of aromatic amines is 1. The monoisotopic (exact) mass is 344 g/mol. The lowest BCUT2D eigenvalue weighted by molar-refractivity contribution is 0.470. The Balaban J connectivity index is 2.05. The summed E-state index contributed by atoms with van der Waals surface area (Å²) in [6, 6.07) is 9.30. The first-order chi connectivity index (χ1) is 10.2. The van der Waals surface area contributed by atoms with Crippen LogP contribution in [0.4, 0.5) is 0 Å². The van der Waals surface area contributed by atoms with Gasteiger partial charge in [-0.15, -0.1) is 0 Å². The zero-order valence-corrected chi connectivity index (χ0v) is 12.9. The third kappa shape index (κ3) is 2.54. The van der Waals surface area contributed by atoms with Gasteiger partial charge in [-0.05, 0) is 46.1 Å². The average Bonchev–Trinajstić information content (AvgIpc) is 2.97. The Bertz CT molecular complexity index is 785. The van der Waals surface area contributed by atoms with Crippen molar-refractivity contribution in [2.24, 2.45) is 0 Å². The highest BCUT2D eigenvalue weighted by molar-refractivity contribution is 9.10. The second kappa shape index (κ2) is 5.65. The SMILES string of the molecule is CCc1cccc(-c2n[nH]c(-c3ncccc3Br)n2)c1O. The van der Waals surface area contributed by atoms with Crippen LogP contribution in [-0.2, 0) is 6.42 Å². The molecule has 2 heterocycles. The first-order valence-electron chi connectivity index (χ1n) is 6.55. The minimum Gasteiger partial charge on any atom is -0.507 e. The fraction of sp³-hybridized carbons (Fsp3) is 0.133. The molecule has 0 aliphatic carbocycles. The van der Waals surface area contributed by atoms with E-state index in [1.54, 1.807) is 12.3 Å². The first-order valence-corrected chi connectivity index (χ1v) is 7.34. The normalized spacial score (nSPS) is 10.8. The number of rotatable bonds is 3. The molecule has 0 bridgehead atoms. The number of phenolic OH excluding ortho intramolecular Hbond substituents is 1. The highest BCUT2D eigenvalue weighted by atomic mass is 79.9. The highest BCUT2D eigenvalue weighted by Crippen LogP contribution is 2.31. The van der Waals surface area contributed by atoms with Gasteiger partial charge >= 0.3 is 0 Å². The summed E-state index contributed by atoms with van der Waals surface area (Å²) in [5.74, 6) is 1.24. The molecule has 0 spiro atoms. The Morgan fingerprint density at radius 3 is 2.86 bits per heavy atom. The molecule has 6 heteroatoms. The number of halogens is 1. The Morgan fingerprint density at radius 1 is 1.24 bits per heavy atom. The van der Waals surface area contributed by atoms with Crippen molar-refractivity contribution < 1.29 is 5.11 Å². The van der Waals surface area contributed by atoms with E-state index in [-0.39, 0.29) is 5.75 Å². The summed E-state index contributed by atoms with van der Waals surface area (Å²) in [7, 11) is 0. The maximum Gasteiger partial charge on any atom is 0.185 e. The average molecular weight is 345 g/mol. The standard InChI is InChI=1S/C15H13BrN4O/c1-2-9-5-3-6-10(13(9)21)14-18-15(20-19-14)12-11(16)7-4-8-17-12/h3-8,21H,2H2,1H3,(H,18,19,20). The van der Waals surface area contributed by atoms with Crippen LogP contribution in [0, 0.1) is 0 Å². The summed E-state index contributed by atoms with van der Waals surface area (Å²) in [6.45, 7) is 1.99. The van der Waals surface area contributed by atoms with Gasteiger partial charge in [0, 0.05) is 10.7 Å². The summed E-state index contributed by atoms with van der Waals surface area (Å²) in [6.07, 6.45) is 2.44. The van der Waals surface area contributed by atoms with E-state index in [4.69, 9.17) is 0 Å². The number of para-hydroxylation sites is 1. The van der Waals surface area contributed by atoms with Gasteiger partial charge in [-0.1, -0.05) is 19.1 Å². The fourth-order valence-electron chi connectivity index (χ4n) is 2.11. The van der Waals surface area contributed by atoms with E-state index in [1.807, 2.05) is 31.2 Å². The van der Waals surface area contributed by atoms with Gasteiger partial charge in [0.1, 0.15) is 11.4 Å². The number of nitrogens with zero attached hydrogens (tertiary/aromatic N) is 3. The number of nitrogens with one attached hydrogen (secondary N) is 1. The van der Waals surface area contributed by atoms with E-state index in [2.05, 4.69) is 36.1 Å². The minimum absolute atomic E-state index is 0.227. The molecule has 0 fully saturated rings. The third-order valence-corrected chi connectivity index (χ3v) is 3.85. The van der Waals surface area contributed by atoms with E-state index in [9.17, 15) is 5.11 Å². The second-order valence-corrected chi connectivity index (χ2v) is 5.36. The van der Waals surface area contributed by atoms with E-state index >= 15 is 0 Å². The summed E-state index contributed by atoms with van der Waals surface area (Å²) >= 11 is 3.44. The first kappa shape index (κ1) is 13.8. The van der Waals surface area contributed by atoms with Gasteiger partial charge in [-0.25, -0.2) is 4.98 Å². The van der Waals surface area contributed by atoms with Crippen molar-refractivity contribution in [2.45, 2.75) is 13.3 Å². The molecule has 5 nitrogen and oxygen atoms in total. The molecule has 0 saturated carbocycles. The quantitative estimate of drug-likeness (QED) is 0.761. The predicted molar refractivity (Wildman–Crippen MR) is 83.8 cm³/mol. The Kier molecular flexibility index (Phi) is 3.70. The number of aryl methyl sites for hydroxylation is 1. The summed E-state index contributed by atoms with van der Waals surface area (Å²) in [4.78, 5) is 8.70. The van der Waals surface area contributed by atoms with Crippen molar-refractivity contribution in [1.82, 2.24) is 20.2 Å². The van der Waals surface area contributed by atoms with Crippen LogP contribution >= 0.6 is 15.9 Å². The minimum atomic E-state index is 0.227. The van der Waals surface area contributed by atoms with E-state index < -0.39 is 0 Å². The summed E-state index contributed by atoms with van der Waals surface area (Å²) < 4.78 is 0.833. The van der Waals surface area contributed by atoms with Gasteiger partial charge < -0.3 is 5.11 Å². The van der Waals surface area contributed by atoms with Crippen molar-refractivity contribution in [2.75, 3.05) is 0 Å². The van der Waals surface area contributed by atoms with Crippen LogP contribution in [0.2, 0.25) is 0 Å². The maximum atomic E-state index is 10.3. The molecule has 21 heavy (non-hydrogen) atoms. The van der Waals surface area contributed by atoms with Crippen LogP contribution in [0.1, 0.15) is 12.5 Å². The molecule has 2 N–H and O–H groups in total. The van der Waals surface area contributed by atoms with Crippen LogP contribution in [0.3, 0.4) is 0 Å². The topological polar surface area (TPSA) is 74.7 Å². The molecule has 2 aromatic heterocycles. The maximum absolute atomic E-state index is 10.3. The highest BCUT2D eigenvalue weighted by Gasteiger charge is 2.15. The largest absolute Gasteiger partial charge is 0.507 e. The molecule has 0 saturated heterocycles. The molecule has 0 amide bonds. The van der Waals surface area contributed by atoms with Gasteiger partial charge in [0.25, 0.3) is 0 Å². The van der Waals surface area contributed by atoms with Crippen molar-refractivity contribution in [1.29, 1.82) is 0 Å². The van der Waals surface area contributed by atoms with E-state index in [0.29, 0.717) is 22.9 Å².